The Kier molecular flexibility index (Phi) is 3.67. The third-order valence-electron chi connectivity index (χ3n) is 2.72. The van der Waals surface area contributed by atoms with Crippen molar-refractivity contribution < 1.29 is 4.79 Å². The lowest BCUT2D eigenvalue weighted by atomic mass is 9.97. The Morgan fingerprint density at radius 3 is 2.47 bits per heavy atom. The van der Waals surface area contributed by atoms with E-state index in [4.69, 9.17) is 0 Å². The summed E-state index contributed by atoms with van der Waals surface area (Å²) in [5.41, 5.74) is 0.525. The maximum atomic E-state index is 11.1. The van der Waals surface area contributed by atoms with Crippen LogP contribution in [0.1, 0.15) is 13.3 Å². The zero-order valence-electron chi connectivity index (χ0n) is 9.31. The van der Waals surface area contributed by atoms with Crippen LogP contribution in [0.5, 0.6) is 0 Å². The predicted octanol–water partition coefficient (Wildman–Crippen LogP) is 2.66. The third-order valence-corrected chi connectivity index (χ3v) is 2.72. The minimum absolute atomic E-state index is 0.511. The third kappa shape index (κ3) is 2.46. The lowest BCUT2D eigenvalue weighted by Gasteiger charge is -2.35. The van der Waals surface area contributed by atoms with Gasteiger partial charge in [-0.05, 0) is 25.5 Å². The van der Waals surface area contributed by atoms with E-state index in [-0.39, 0.29) is 0 Å². The maximum absolute atomic E-state index is 11.1. The van der Waals surface area contributed by atoms with Gasteiger partial charge >= 0.3 is 0 Å². The van der Waals surface area contributed by atoms with Crippen molar-refractivity contribution in [3.05, 3.63) is 43.0 Å². The normalized spacial score (nSPS) is 14.0. The van der Waals surface area contributed by atoms with E-state index in [2.05, 4.69) is 6.58 Å². The van der Waals surface area contributed by atoms with Gasteiger partial charge in [0.25, 0.3) is 0 Å². The van der Waals surface area contributed by atoms with Gasteiger partial charge in [0.15, 0.2) is 0 Å². The van der Waals surface area contributed by atoms with Crippen molar-refractivity contribution in [1.29, 1.82) is 0 Å². The van der Waals surface area contributed by atoms with Crippen LogP contribution in [-0.4, -0.2) is 18.9 Å². The average molecular weight is 203 g/mol. The fourth-order valence-electron chi connectivity index (χ4n) is 1.50. The molecule has 0 spiro atoms. The molecule has 0 heterocycles. The Morgan fingerprint density at radius 1 is 1.40 bits per heavy atom. The second-order valence-electron chi connectivity index (χ2n) is 3.86. The van der Waals surface area contributed by atoms with Crippen LogP contribution in [0.25, 0.3) is 0 Å². The van der Waals surface area contributed by atoms with Crippen LogP contribution < -0.4 is 4.90 Å². The highest BCUT2D eigenvalue weighted by molar-refractivity contribution is 5.71. The molecule has 2 nitrogen and oxygen atoms in total. The molecular formula is C13H17NO. The van der Waals surface area contributed by atoms with E-state index in [0.29, 0.717) is 6.42 Å². The average Bonchev–Trinajstić information content (AvgIpc) is 2.29. The molecule has 1 unspecified atom stereocenters. The number of carbonyl (C=O) groups excluding carboxylic acids is 1. The number of rotatable bonds is 5. The smallest absolute Gasteiger partial charge is 0.145 e. The monoisotopic (exact) mass is 203 g/mol. The number of hydrogen-bond acceptors (Lipinski definition) is 2. The van der Waals surface area contributed by atoms with Gasteiger partial charge in [-0.1, -0.05) is 24.3 Å². The first kappa shape index (κ1) is 11.5. The number of para-hydroxylation sites is 1. The zero-order chi connectivity index (χ0) is 11.3. The lowest BCUT2D eigenvalue weighted by Crippen LogP contribution is -2.45. The topological polar surface area (TPSA) is 20.3 Å². The Labute approximate surface area is 91.2 Å². The number of benzene rings is 1. The molecule has 80 valence electrons. The summed E-state index contributed by atoms with van der Waals surface area (Å²) in [5, 5.41) is 0. The van der Waals surface area contributed by atoms with Gasteiger partial charge in [0, 0.05) is 12.7 Å². The highest BCUT2D eigenvalue weighted by Crippen LogP contribution is 2.23. The maximum Gasteiger partial charge on any atom is 0.145 e. The Morgan fingerprint density at radius 2 is 2.00 bits per heavy atom. The first-order valence-corrected chi connectivity index (χ1v) is 5.00. The highest BCUT2D eigenvalue weighted by atomic mass is 16.1. The summed E-state index contributed by atoms with van der Waals surface area (Å²) >= 11 is 0. The molecule has 0 aliphatic rings. The molecule has 1 rings (SSSR count). The zero-order valence-corrected chi connectivity index (χ0v) is 9.31. The number of likely N-dealkylation sites (N-methyl/N-ethyl adjacent to an activating group) is 1. The molecule has 0 aliphatic carbocycles. The van der Waals surface area contributed by atoms with Gasteiger partial charge in [0.2, 0.25) is 0 Å². The van der Waals surface area contributed by atoms with E-state index in [0.717, 1.165) is 12.0 Å². The van der Waals surface area contributed by atoms with Crippen LogP contribution in [0, 0.1) is 0 Å². The molecule has 0 fully saturated rings. The molecule has 0 N–H and O–H groups in total. The van der Waals surface area contributed by atoms with Crippen molar-refractivity contribution in [3.8, 4) is 0 Å². The molecule has 1 atom stereocenters. The number of nitrogens with zero attached hydrogens (tertiary/aromatic N) is 1. The van der Waals surface area contributed by atoms with E-state index in [1.54, 1.807) is 6.08 Å². The van der Waals surface area contributed by atoms with Gasteiger partial charge in [-0.25, -0.2) is 0 Å². The summed E-state index contributed by atoms with van der Waals surface area (Å²) in [6.45, 7) is 5.60. The van der Waals surface area contributed by atoms with Crippen LogP contribution in [0.15, 0.2) is 43.0 Å². The largest absolute Gasteiger partial charge is 0.362 e. The van der Waals surface area contributed by atoms with Crippen molar-refractivity contribution in [2.75, 3.05) is 11.9 Å². The Bertz CT molecular complexity index is 334. The van der Waals surface area contributed by atoms with E-state index in [1.165, 1.54) is 0 Å². The Balaban J connectivity index is 2.95. The van der Waals surface area contributed by atoms with Crippen molar-refractivity contribution in [1.82, 2.24) is 0 Å². The van der Waals surface area contributed by atoms with E-state index < -0.39 is 5.54 Å². The summed E-state index contributed by atoms with van der Waals surface area (Å²) in [6, 6.07) is 9.87. The number of hydrogen-bond donors (Lipinski definition) is 0. The van der Waals surface area contributed by atoms with Crippen LogP contribution in [0.4, 0.5) is 5.69 Å². The molecule has 0 bridgehead atoms. The first-order chi connectivity index (χ1) is 7.14. The molecule has 15 heavy (non-hydrogen) atoms. The highest BCUT2D eigenvalue weighted by Gasteiger charge is 2.27. The SMILES string of the molecule is C=CCC(C)(C=O)N(C)c1ccccc1. The van der Waals surface area contributed by atoms with E-state index >= 15 is 0 Å². The number of anilines is 1. The van der Waals surface area contributed by atoms with Crippen molar-refractivity contribution in [2.24, 2.45) is 0 Å². The molecule has 2 heteroatoms. The quantitative estimate of drug-likeness (QED) is 0.541. The summed E-state index contributed by atoms with van der Waals surface area (Å²) in [7, 11) is 1.92. The molecule has 0 aliphatic heterocycles. The molecule has 0 radical (unpaired) electrons. The minimum Gasteiger partial charge on any atom is -0.362 e. The predicted molar refractivity (Wildman–Crippen MR) is 64.1 cm³/mol. The second-order valence-corrected chi connectivity index (χ2v) is 3.86. The number of carbonyl (C=O) groups is 1. The second kappa shape index (κ2) is 4.78. The van der Waals surface area contributed by atoms with Gasteiger partial charge in [-0.15, -0.1) is 6.58 Å². The van der Waals surface area contributed by atoms with Crippen LogP contribution in [0.3, 0.4) is 0 Å². The summed E-state index contributed by atoms with van der Waals surface area (Å²) in [6.07, 6.45) is 3.39. The van der Waals surface area contributed by atoms with Gasteiger partial charge in [0.05, 0.1) is 5.54 Å². The van der Waals surface area contributed by atoms with Gasteiger partial charge in [-0.2, -0.15) is 0 Å². The standard InChI is InChI=1S/C13H17NO/c1-4-10-13(2,11-15)14(3)12-8-6-5-7-9-12/h4-9,11H,1,10H2,2-3H3. The van der Waals surface area contributed by atoms with Gasteiger partial charge in [-0.3, -0.25) is 0 Å². The fourth-order valence-corrected chi connectivity index (χ4v) is 1.50. The first-order valence-electron chi connectivity index (χ1n) is 5.00. The lowest BCUT2D eigenvalue weighted by molar-refractivity contribution is -0.111. The summed E-state index contributed by atoms with van der Waals surface area (Å²) < 4.78 is 0. The summed E-state index contributed by atoms with van der Waals surface area (Å²) in [5.74, 6) is 0. The molecule has 0 saturated heterocycles. The van der Waals surface area contributed by atoms with Gasteiger partial charge < -0.3 is 9.69 Å². The molecule has 0 aromatic heterocycles. The van der Waals surface area contributed by atoms with Crippen LogP contribution in [0.2, 0.25) is 0 Å². The fraction of sp³-hybridized carbons (Fsp3) is 0.308. The van der Waals surface area contributed by atoms with E-state index in [1.807, 2.05) is 49.2 Å². The summed E-state index contributed by atoms with van der Waals surface area (Å²) in [4.78, 5) is 13.1. The van der Waals surface area contributed by atoms with E-state index in [9.17, 15) is 4.79 Å². The minimum atomic E-state index is -0.511. The van der Waals surface area contributed by atoms with Crippen LogP contribution in [-0.2, 0) is 4.79 Å². The van der Waals surface area contributed by atoms with Crippen molar-refractivity contribution >= 4 is 12.0 Å². The molecule has 0 amide bonds. The van der Waals surface area contributed by atoms with Crippen molar-refractivity contribution in [2.45, 2.75) is 18.9 Å². The van der Waals surface area contributed by atoms with Crippen LogP contribution >= 0.6 is 0 Å². The van der Waals surface area contributed by atoms with Crippen molar-refractivity contribution in [3.63, 3.8) is 0 Å². The van der Waals surface area contributed by atoms with Gasteiger partial charge in [0.1, 0.15) is 6.29 Å². The number of aldehydes is 1. The Hall–Kier alpha value is -1.57. The molecule has 0 saturated carbocycles. The molecular weight excluding hydrogens is 186 g/mol. The molecule has 1 aromatic carbocycles. The molecule has 1 aromatic rings.